The van der Waals surface area contributed by atoms with Gasteiger partial charge in [-0.2, -0.15) is 0 Å². The summed E-state index contributed by atoms with van der Waals surface area (Å²) in [5, 5.41) is 9.53. The number of benzene rings is 1. The Morgan fingerprint density at radius 1 is 1.28 bits per heavy atom. The molecule has 0 spiro atoms. The number of fused-ring (bicyclic) bond motifs is 3. The van der Waals surface area contributed by atoms with Crippen molar-refractivity contribution in [3.63, 3.8) is 0 Å². The lowest BCUT2D eigenvalue weighted by Crippen LogP contribution is -2.38. The van der Waals surface area contributed by atoms with Gasteiger partial charge >= 0.3 is 0 Å². The van der Waals surface area contributed by atoms with Crippen molar-refractivity contribution in [3.05, 3.63) is 76.2 Å². The molecule has 3 saturated heterocycles. The summed E-state index contributed by atoms with van der Waals surface area (Å²) in [4.78, 5) is 19.8. The fraction of sp³-hybridized carbons (Fsp3) is 0.448. The third-order valence-corrected chi connectivity index (χ3v) is 8.08. The summed E-state index contributed by atoms with van der Waals surface area (Å²) in [6.45, 7) is 2.90. The fourth-order valence-electron chi connectivity index (χ4n) is 5.78. The summed E-state index contributed by atoms with van der Waals surface area (Å²) in [7, 11) is 0. The topological polar surface area (TPSA) is 87.2 Å². The summed E-state index contributed by atoms with van der Waals surface area (Å²) >= 11 is 5.98. The Labute approximate surface area is 232 Å². The lowest BCUT2D eigenvalue weighted by Gasteiger charge is -2.30. The van der Waals surface area contributed by atoms with Gasteiger partial charge in [-0.3, -0.25) is 9.69 Å². The third kappa shape index (κ3) is 6.05. The highest BCUT2D eigenvalue weighted by atomic mass is 35.5. The van der Waals surface area contributed by atoms with E-state index in [9.17, 15) is 9.18 Å². The summed E-state index contributed by atoms with van der Waals surface area (Å²) in [5.41, 5.74) is 1.97. The smallest absolute Gasteiger partial charge is 0.248 e. The largest absolute Gasteiger partial charge is 0.486 e. The minimum absolute atomic E-state index is 0.0206. The highest BCUT2D eigenvalue weighted by Gasteiger charge is 2.43. The van der Waals surface area contributed by atoms with Gasteiger partial charge in [-0.05, 0) is 69.1 Å². The van der Waals surface area contributed by atoms with Gasteiger partial charge in [0.1, 0.15) is 23.5 Å². The number of carbonyl (C=O) groups is 1. The molecule has 8 nitrogen and oxygen atoms in total. The maximum absolute atomic E-state index is 13.7. The van der Waals surface area contributed by atoms with Crippen LogP contribution in [0.5, 0.6) is 0 Å². The standard InChI is InChI=1S/C29H33ClFN5O3/c30-21-13-18(6-8-22(21)31)34-29-20-15-24(35-28(37)5-4-12-36-10-2-1-3-11-36)26(16-23(20)32-17-33-29)39-27-14-19-7-9-25(27)38-19/h4-6,8,13,15-17,19,23,25,27,34H,1-3,7,9-12,14H2,(H,32,33)(H,35,37)/b5-4+. The average molecular weight is 554 g/mol. The second-order valence-electron chi connectivity index (χ2n) is 10.6. The highest BCUT2D eigenvalue weighted by Crippen LogP contribution is 2.38. The van der Waals surface area contributed by atoms with Crippen LogP contribution in [0.1, 0.15) is 38.5 Å². The number of aliphatic imine (C=N–C) groups is 1. The Morgan fingerprint density at radius 2 is 2.15 bits per heavy atom. The number of rotatable bonds is 8. The van der Waals surface area contributed by atoms with Crippen LogP contribution in [0.25, 0.3) is 0 Å². The molecule has 0 radical (unpaired) electrons. The van der Waals surface area contributed by atoms with Crippen molar-refractivity contribution >= 4 is 29.5 Å². The Bertz CT molecular complexity index is 1270. The number of hydrogen-bond donors (Lipinski definition) is 3. The van der Waals surface area contributed by atoms with Gasteiger partial charge in [0.25, 0.3) is 0 Å². The zero-order valence-corrected chi connectivity index (χ0v) is 22.4. The van der Waals surface area contributed by atoms with Crippen LogP contribution in [0.15, 0.2) is 70.3 Å². The first-order valence-corrected chi connectivity index (χ1v) is 14.1. The number of carbonyl (C=O) groups excluding carboxylic acids is 1. The molecule has 39 heavy (non-hydrogen) atoms. The van der Waals surface area contributed by atoms with E-state index in [1.165, 1.54) is 31.4 Å². The van der Waals surface area contributed by atoms with Crippen LogP contribution in [0.4, 0.5) is 10.1 Å². The van der Waals surface area contributed by atoms with E-state index in [4.69, 9.17) is 21.1 Å². The molecule has 0 aromatic heterocycles. The molecule has 2 bridgehead atoms. The lowest BCUT2D eigenvalue weighted by atomic mass is 9.95. The fourth-order valence-corrected chi connectivity index (χ4v) is 5.96. The zero-order valence-electron chi connectivity index (χ0n) is 21.7. The van der Waals surface area contributed by atoms with Crippen LogP contribution < -0.4 is 16.0 Å². The van der Waals surface area contributed by atoms with E-state index in [1.54, 1.807) is 18.5 Å². The molecule has 10 heteroatoms. The second-order valence-corrected chi connectivity index (χ2v) is 11.0. The molecule has 1 amide bonds. The maximum atomic E-state index is 13.7. The zero-order chi connectivity index (χ0) is 26.8. The van der Waals surface area contributed by atoms with E-state index >= 15 is 0 Å². The molecular formula is C29H33ClFN5O3. The number of anilines is 1. The number of piperidine rings is 1. The van der Waals surface area contributed by atoms with Crippen LogP contribution >= 0.6 is 11.6 Å². The van der Waals surface area contributed by atoms with E-state index < -0.39 is 5.82 Å². The van der Waals surface area contributed by atoms with Gasteiger partial charge < -0.3 is 25.4 Å². The maximum Gasteiger partial charge on any atom is 0.248 e. The molecule has 6 rings (SSSR count). The minimum atomic E-state index is -0.489. The highest BCUT2D eigenvalue weighted by molar-refractivity contribution is 6.31. The molecule has 1 aromatic rings. The monoisotopic (exact) mass is 553 g/mol. The van der Waals surface area contributed by atoms with Crippen molar-refractivity contribution in [2.24, 2.45) is 4.99 Å². The third-order valence-electron chi connectivity index (χ3n) is 7.79. The van der Waals surface area contributed by atoms with Gasteiger partial charge in [0.15, 0.2) is 0 Å². The Balaban J connectivity index is 1.23. The van der Waals surface area contributed by atoms with Crippen LogP contribution in [0, 0.1) is 5.82 Å². The molecule has 4 unspecified atom stereocenters. The second kappa shape index (κ2) is 11.5. The van der Waals surface area contributed by atoms with Crippen molar-refractivity contribution in [2.45, 2.75) is 62.9 Å². The molecule has 4 aliphatic heterocycles. The van der Waals surface area contributed by atoms with Crippen LogP contribution in [-0.4, -0.2) is 61.1 Å². The van der Waals surface area contributed by atoms with Gasteiger partial charge in [-0.25, -0.2) is 9.38 Å². The molecule has 1 aromatic carbocycles. The number of nitrogens with one attached hydrogen (secondary N) is 3. The van der Waals surface area contributed by atoms with E-state index in [0.717, 1.165) is 44.5 Å². The van der Waals surface area contributed by atoms with E-state index in [1.807, 2.05) is 18.2 Å². The Morgan fingerprint density at radius 3 is 2.92 bits per heavy atom. The summed E-state index contributed by atoms with van der Waals surface area (Å²) in [6, 6.07) is 4.19. The van der Waals surface area contributed by atoms with Crippen LogP contribution in [0.3, 0.4) is 0 Å². The van der Waals surface area contributed by atoms with Gasteiger partial charge in [0, 0.05) is 30.3 Å². The molecule has 0 saturated carbocycles. The van der Waals surface area contributed by atoms with Crippen molar-refractivity contribution in [3.8, 4) is 0 Å². The number of halogens is 2. The van der Waals surface area contributed by atoms with Crippen molar-refractivity contribution in [1.82, 2.24) is 15.5 Å². The minimum Gasteiger partial charge on any atom is -0.486 e. The molecule has 3 fully saturated rings. The van der Waals surface area contributed by atoms with Gasteiger partial charge in [0.2, 0.25) is 5.91 Å². The van der Waals surface area contributed by atoms with E-state index in [0.29, 0.717) is 23.0 Å². The molecule has 5 aliphatic rings. The number of likely N-dealkylation sites (tertiary alicyclic amines) is 1. The van der Waals surface area contributed by atoms with Crippen molar-refractivity contribution < 1.29 is 18.7 Å². The molecular weight excluding hydrogens is 521 g/mol. The van der Waals surface area contributed by atoms with Gasteiger partial charge in [-0.1, -0.05) is 24.1 Å². The molecule has 3 N–H and O–H groups in total. The van der Waals surface area contributed by atoms with Crippen LogP contribution in [-0.2, 0) is 14.3 Å². The molecule has 206 valence electrons. The van der Waals surface area contributed by atoms with Gasteiger partial charge in [0.05, 0.1) is 35.3 Å². The predicted molar refractivity (Wildman–Crippen MR) is 149 cm³/mol. The number of ether oxygens (including phenoxy) is 2. The first-order chi connectivity index (χ1) is 19.0. The summed E-state index contributed by atoms with van der Waals surface area (Å²) < 4.78 is 26.1. The van der Waals surface area contributed by atoms with Gasteiger partial charge in [-0.15, -0.1) is 0 Å². The molecule has 1 aliphatic carbocycles. The number of hydrogen-bond acceptors (Lipinski definition) is 7. The average Bonchev–Trinajstić information content (AvgIpc) is 3.56. The van der Waals surface area contributed by atoms with E-state index in [-0.39, 0.29) is 35.3 Å². The molecule has 4 heterocycles. The Hall–Kier alpha value is -3.14. The Kier molecular flexibility index (Phi) is 7.72. The number of amides is 1. The normalized spacial score (nSPS) is 28.2. The SMILES string of the molecule is O=C(/C=C/CN1CCCCC1)NC1=CC2=C(Nc3ccc(F)c(Cl)c3)N=CNC2C=C1OC1CC2CCC1O2. The quantitative estimate of drug-likeness (QED) is 0.414. The summed E-state index contributed by atoms with van der Waals surface area (Å²) in [6.07, 6.45) is 15.8. The van der Waals surface area contributed by atoms with Crippen molar-refractivity contribution in [1.29, 1.82) is 0 Å². The lowest BCUT2D eigenvalue weighted by molar-refractivity contribution is -0.115. The molecule has 4 atom stereocenters. The summed E-state index contributed by atoms with van der Waals surface area (Å²) in [5.74, 6) is 0.460. The first kappa shape index (κ1) is 26.1. The predicted octanol–water partition coefficient (Wildman–Crippen LogP) is 4.38. The van der Waals surface area contributed by atoms with E-state index in [2.05, 4.69) is 25.8 Å². The number of nitrogens with zero attached hydrogens (tertiary/aromatic N) is 2. The first-order valence-electron chi connectivity index (χ1n) is 13.7. The van der Waals surface area contributed by atoms with Crippen molar-refractivity contribution in [2.75, 3.05) is 25.0 Å². The van der Waals surface area contributed by atoms with Crippen LogP contribution in [0.2, 0.25) is 5.02 Å².